The van der Waals surface area contributed by atoms with Crippen LogP contribution in [0.1, 0.15) is 60.9 Å². The molecule has 2 atom stereocenters. The molecule has 2 aromatic carbocycles. The van der Waals surface area contributed by atoms with Crippen LogP contribution in [0.15, 0.2) is 42.5 Å². The van der Waals surface area contributed by atoms with Gasteiger partial charge in [-0.05, 0) is 81.1 Å². The Morgan fingerprint density at radius 2 is 1.69 bits per heavy atom. The summed E-state index contributed by atoms with van der Waals surface area (Å²) in [5, 5.41) is 4.30. The van der Waals surface area contributed by atoms with E-state index in [0.29, 0.717) is 18.4 Å². The molecule has 2 aromatic rings. The Morgan fingerprint density at radius 3 is 2.37 bits per heavy atom. The molecule has 1 fully saturated rings. The zero-order valence-electron chi connectivity index (χ0n) is 21.1. The second-order valence-corrected chi connectivity index (χ2v) is 9.89. The van der Waals surface area contributed by atoms with Gasteiger partial charge in [0, 0.05) is 36.3 Å². The largest absolute Gasteiger partial charge is 0.497 e. The number of benzene rings is 2. The SMILES string of the molecule is COc1ccc(C(=O)CCCCCC(=O)N[C@@H](Cc2ccc(P)c(OC)c2)CN2CCCC2)cc1. The molecule has 1 amide bonds. The number of rotatable bonds is 14. The summed E-state index contributed by atoms with van der Waals surface area (Å²) in [5.74, 6) is 1.82. The van der Waals surface area contributed by atoms with Crippen LogP contribution in [-0.4, -0.2) is 56.5 Å². The van der Waals surface area contributed by atoms with Crippen molar-refractivity contribution in [2.75, 3.05) is 33.9 Å². The number of nitrogens with zero attached hydrogens (tertiary/aromatic N) is 1. The Bertz CT molecular complexity index is 958. The van der Waals surface area contributed by atoms with E-state index in [0.717, 1.165) is 67.7 Å². The van der Waals surface area contributed by atoms with E-state index in [4.69, 9.17) is 9.47 Å². The highest BCUT2D eigenvalue weighted by Crippen LogP contribution is 2.17. The number of likely N-dealkylation sites (tertiary alicyclic amines) is 1. The van der Waals surface area contributed by atoms with Crippen LogP contribution in [0.2, 0.25) is 0 Å². The maximum Gasteiger partial charge on any atom is 0.220 e. The fourth-order valence-electron chi connectivity index (χ4n) is 4.57. The molecule has 1 heterocycles. The number of unbranched alkanes of at least 4 members (excludes halogenated alkanes) is 2. The van der Waals surface area contributed by atoms with E-state index in [2.05, 4.69) is 31.6 Å². The third-order valence-electron chi connectivity index (χ3n) is 6.54. The molecule has 1 unspecified atom stereocenters. The zero-order chi connectivity index (χ0) is 25.0. The van der Waals surface area contributed by atoms with Gasteiger partial charge in [0.2, 0.25) is 5.91 Å². The maximum absolute atomic E-state index is 12.7. The number of ketones is 1. The van der Waals surface area contributed by atoms with E-state index < -0.39 is 0 Å². The zero-order valence-corrected chi connectivity index (χ0v) is 22.2. The summed E-state index contributed by atoms with van der Waals surface area (Å²) in [6.07, 6.45) is 6.65. The number of methoxy groups -OCH3 is 2. The molecule has 0 aromatic heterocycles. The van der Waals surface area contributed by atoms with Gasteiger partial charge in [0.25, 0.3) is 0 Å². The molecule has 1 aliphatic heterocycles. The number of nitrogens with one attached hydrogen (secondary N) is 1. The predicted molar refractivity (Wildman–Crippen MR) is 144 cm³/mol. The van der Waals surface area contributed by atoms with Crippen molar-refractivity contribution in [2.24, 2.45) is 0 Å². The van der Waals surface area contributed by atoms with Gasteiger partial charge in [-0.3, -0.25) is 9.59 Å². The topological polar surface area (TPSA) is 67.9 Å². The van der Waals surface area contributed by atoms with Crippen molar-refractivity contribution < 1.29 is 19.1 Å². The second kappa shape index (κ2) is 14.2. The molecule has 0 spiro atoms. The third kappa shape index (κ3) is 8.94. The summed E-state index contributed by atoms with van der Waals surface area (Å²) >= 11 is 0. The van der Waals surface area contributed by atoms with Crippen molar-refractivity contribution in [1.29, 1.82) is 0 Å². The predicted octanol–water partition coefficient (Wildman–Crippen LogP) is 4.16. The molecule has 190 valence electrons. The van der Waals surface area contributed by atoms with E-state index in [9.17, 15) is 9.59 Å². The van der Waals surface area contributed by atoms with Crippen molar-refractivity contribution in [3.8, 4) is 11.5 Å². The summed E-state index contributed by atoms with van der Waals surface area (Å²) in [6, 6.07) is 13.5. The van der Waals surface area contributed by atoms with Gasteiger partial charge >= 0.3 is 0 Å². The fourth-order valence-corrected chi connectivity index (χ4v) is 4.87. The highest BCUT2D eigenvalue weighted by Gasteiger charge is 2.20. The van der Waals surface area contributed by atoms with E-state index in [-0.39, 0.29) is 17.7 Å². The van der Waals surface area contributed by atoms with Crippen LogP contribution in [0, 0.1) is 0 Å². The summed E-state index contributed by atoms with van der Waals surface area (Å²) in [6.45, 7) is 3.07. The minimum atomic E-state index is 0.0670. The molecule has 0 bridgehead atoms. The normalized spacial score (nSPS) is 14.5. The van der Waals surface area contributed by atoms with Crippen LogP contribution in [0.4, 0.5) is 0 Å². The lowest BCUT2D eigenvalue weighted by Gasteiger charge is -2.25. The van der Waals surface area contributed by atoms with E-state index in [1.165, 1.54) is 12.8 Å². The van der Waals surface area contributed by atoms with Crippen LogP contribution in [-0.2, 0) is 11.2 Å². The van der Waals surface area contributed by atoms with Gasteiger partial charge in [0.1, 0.15) is 11.5 Å². The lowest BCUT2D eigenvalue weighted by atomic mass is 10.0. The van der Waals surface area contributed by atoms with Gasteiger partial charge in [0.05, 0.1) is 14.2 Å². The number of amides is 1. The highest BCUT2D eigenvalue weighted by molar-refractivity contribution is 7.27. The first-order chi connectivity index (χ1) is 17.0. The van der Waals surface area contributed by atoms with Crippen molar-refractivity contribution in [2.45, 2.75) is 57.4 Å². The van der Waals surface area contributed by atoms with Gasteiger partial charge in [-0.1, -0.05) is 18.6 Å². The minimum absolute atomic E-state index is 0.0670. The van der Waals surface area contributed by atoms with Gasteiger partial charge in [-0.15, -0.1) is 9.24 Å². The summed E-state index contributed by atoms with van der Waals surface area (Å²) in [7, 11) is 5.98. The molecule has 0 saturated carbocycles. The van der Waals surface area contributed by atoms with E-state index in [1.807, 2.05) is 18.2 Å². The molecule has 1 aliphatic rings. The number of Topliss-reactive ketones (excluding diaryl/α,β-unsaturated/α-hetero) is 1. The lowest BCUT2D eigenvalue weighted by molar-refractivity contribution is -0.122. The number of carbonyl (C=O) groups excluding carboxylic acids is 2. The Hall–Kier alpha value is -2.43. The van der Waals surface area contributed by atoms with Gasteiger partial charge in [-0.25, -0.2) is 0 Å². The molecular formula is C28H39N2O4P. The van der Waals surface area contributed by atoms with Crippen LogP contribution >= 0.6 is 9.24 Å². The van der Waals surface area contributed by atoms with Crippen molar-refractivity contribution in [3.63, 3.8) is 0 Å². The summed E-state index contributed by atoms with van der Waals surface area (Å²) in [5.41, 5.74) is 1.87. The second-order valence-electron chi connectivity index (χ2n) is 9.26. The number of hydrogen-bond acceptors (Lipinski definition) is 5. The molecule has 1 N–H and O–H groups in total. The molecular weight excluding hydrogens is 459 g/mol. The third-order valence-corrected chi connectivity index (χ3v) is 7.02. The van der Waals surface area contributed by atoms with Crippen LogP contribution in [0.5, 0.6) is 11.5 Å². The fraction of sp³-hybridized carbons (Fsp3) is 0.500. The first-order valence-corrected chi connectivity index (χ1v) is 13.2. The van der Waals surface area contributed by atoms with Crippen LogP contribution in [0.25, 0.3) is 0 Å². The Balaban J connectivity index is 1.43. The van der Waals surface area contributed by atoms with Gasteiger partial charge < -0.3 is 19.7 Å². The number of carbonyl (C=O) groups is 2. The average molecular weight is 499 g/mol. The Labute approximate surface area is 212 Å². The minimum Gasteiger partial charge on any atom is -0.497 e. The Kier molecular flexibility index (Phi) is 11.0. The quantitative estimate of drug-likeness (QED) is 0.241. The first-order valence-electron chi connectivity index (χ1n) is 12.6. The van der Waals surface area contributed by atoms with Crippen molar-refractivity contribution >= 4 is 26.2 Å². The smallest absolute Gasteiger partial charge is 0.220 e. The van der Waals surface area contributed by atoms with E-state index in [1.54, 1.807) is 26.4 Å². The average Bonchev–Trinajstić information content (AvgIpc) is 3.38. The van der Waals surface area contributed by atoms with Crippen molar-refractivity contribution in [3.05, 3.63) is 53.6 Å². The molecule has 35 heavy (non-hydrogen) atoms. The maximum atomic E-state index is 12.7. The highest BCUT2D eigenvalue weighted by atomic mass is 31.0. The van der Waals surface area contributed by atoms with Crippen LogP contribution in [0.3, 0.4) is 0 Å². The lowest BCUT2D eigenvalue weighted by Crippen LogP contribution is -2.44. The summed E-state index contributed by atoms with van der Waals surface area (Å²) < 4.78 is 10.6. The Morgan fingerprint density at radius 1 is 0.971 bits per heavy atom. The molecule has 0 radical (unpaired) electrons. The number of ether oxygens (including phenoxy) is 2. The monoisotopic (exact) mass is 498 g/mol. The van der Waals surface area contributed by atoms with E-state index >= 15 is 0 Å². The molecule has 0 aliphatic carbocycles. The van der Waals surface area contributed by atoms with Crippen LogP contribution < -0.4 is 20.1 Å². The molecule has 6 nitrogen and oxygen atoms in total. The van der Waals surface area contributed by atoms with Gasteiger partial charge in [-0.2, -0.15) is 0 Å². The van der Waals surface area contributed by atoms with Crippen molar-refractivity contribution in [1.82, 2.24) is 10.2 Å². The molecule has 1 saturated heterocycles. The molecule has 7 heteroatoms. The number of hydrogen-bond donors (Lipinski definition) is 1. The standard InChI is InChI=1S/C28H39N2O4P/c1-33-24-13-11-22(12-14-24)25(31)8-4-3-5-9-28(32)29-23(20-30-16-6-7-17-30)18-21-10-15-27(35)26(19-21)34-2/h10-15,19,23H,3-9,16-18,20,35H2,1-2H3,(H,29,32)/t23-/m0/s1. The molecule has 3 rings (SSSR count). The van der Waals surface area contributed by atoms with Gasteiger partial charge in [0.15, 0.2) is 5.78 Å². The summed E-state index contributed by atoms with van der Waals surface area (Å²) in [4.78, 5) is 27.5. The first kappa shape index (κ1) is 27.2.